The van der Waals surface area contributed by atoms with E-state index in [2.05, 4.69) is 10.3 Å². The molecular formula is C16H10FN2O3S-. The van der Waals surface area contributed by atoms with Crippen molar-refractivity contribution in [2.75, 3.05) is 5.32 Å². The number of halogens is 1. The van der Waals surface area contributed by atoms with E-state index in [1.165, 1.54) is 41.7 Å². The molecule has 5 nitrogen and oxygen atoms in total. The second-order valence-electron chi connectivity index (χ2n) is 4.69. The molecule has 116 valence electrons. The molecule has 0 radical (unpaired) electrons. The van der Waals surface area contributed by atoms with Gasteiger partial charge < -0.3 is 15.5 Å². The van der Waals surface area contributed by atoms with Gasteiger partial charge in [0, 0.05) is 16.6 Å². The van der Waals surface area contributed by atoms with Gasteiger partial charge in [0.25, 0.3) is 0 Å². The van der Waals surface area contributed by atoms with E-state index in [-0.39, 0.29) is 11.4 Å². The summed E-state index contributed by atoms with van der Waals surface area (Å²) < 4.78 is 12.9. The fourth-order valence-electron chi connectivity index (χ4n) is 1.98. The van der Waals surface area contributed by atoms with Crippen molar-refractivity contribution in [2.45, 2.75) is 0 Å². The van der Waals surface area contributed by atoms with Crippen molar-refractivity contribution in [3.63, 3.8) is 0 Å². The Morgan fingerprint density at radius 1 is 1.22 bits per heavy atom. The normalized spacial score (nSPS) is 10.5. The molecule has 0 saturated heterocycles. The van der Waals surface area contributed by atoms with E-state index in [0.717, 1.165) is 5.56 Å². The molecule has 0 bridgehead atoms. The van der Waals surface area contributed by atoms with Gasteiger partial charge in [-0.15, -0.1) is 11.3 Å². The molecule has 0 unspecified atom stereocenters. The molecule has 0 aliphatic carbocycles. The third kappa shape index (κ3) is 3.29. The highest BCUT2D eigenvalue weighted by Crippen LogP contribution is 2.28. The number of anilines is 2. The van der Waals surface area contributed by atoms with E-state index >= 15 is 0 Å². The van der Waals surface area contributed by atoms with Gasteiger partial charge in [0.05, 0.1) is 11.3 Å². The lowest BCUT2D eigenvalue weighted by molar-refractivity contribution is -0.268. The van der Waals surface area contributed by atoms with Crippen LogP contribution in [0.5, 0.6) is 5.75 Å². The lowest BCUT2D eigenvalue weighted by Crippen LogP contribution is -2.04. The SMILES string of the molecule is O=C(O)c1cc(Nc2nc(-c3ccc(F)cc3)cs2)ccc1[O-]. The summed E-state index contributed by atoms with van der Waals surface area (Å²) in [4.78, 5) is 15.3. The summed E-state index contributed by atoms with van der Waals surface area (Å²) in [5, 5.41) is 25.7. The molecule has 0 aliphatic rings. The molecule has 1 aromatic heterocycles. The largest absolute Gasteiger partial charge is 0.872 e. The first-order valence-electron chi connectivity index (χ1n) is 6.56. The summed E-state index contributed by atoms with van der Waals surface area (Å²) in [6.07, 6.45) is 0. The molecule has 0 aliphatic heterocycles. The van der Waals surface area contributed by atoms with Gasteiger partial charge in [-0.25, -0.2) is 14.2 Å². The van der Waals surface area contributed by atoms with Crippen LogP contribution in [-0.2, 0) is 0 Å². The van der Waals surface area contributed by atoms with Crippen molar-refractivity contribution in [1.82, 2.24) is 4.98 Å². The Labute approximate surface area is 134 Å². The summed E-state index contributed by atoms with van der Waals surface area (Å²) in [6, 6.07) is 9.92. The predicted octanol–water partition coefficient (Wildman–Crippen LogP) is 3.46. The zero-order valence-corrected chi connectivity index (χ0v) is 12.4. The van der Waals surface area contributed by atoms with Gasteiger partial charge in [0.1, 0.15) is 5.82 Å². The number of nitrogens with one attached hydrogen (secondary N) is 1. The maximum absolute atomic E-state index is 12.9. The van der Waals surface area contributed by atoms with Gasteiger partial charge in [-0.2, -0.15) is 0 Å². The highest BCUT2D eigenvalue weighted by molar-refractivity contribution is 7.14. The number of carboxylic acid groups (broad SMARTS) is 1. The first kappa shape index (κ1) is 15.0. The third-order valence-corrected chi connectivity index (χ3v) is 3.86. The Hall–Kier alpha value is -2.93. The van der Waals surface area contributed by atoms with Crippen LogP contribution in [-0.4, -0.2) is 16.1 Å². The molecule has 2 aromatic carbocycles. The topological polar surface area (TPSA) is 85.3 Å². The Bertz CT molecular complexity index is 862. The van der Waals surface area contributed by atoms with E-state index in [1.54, 1.807) is 17.5 Å². The Balaban J connectivity index is 1.83. The van der Waals surface area contributed by atoms with Crippen LogP contribution in [0.1, 0.15) is 10.4 Å². The van der Waals surface area contributed by atoms with Crippen molar-refractivity contribution in [1.29, 1.82) is 0 Å². The number of carbonyl (C=O) groups is 1. The zero-order valence-electron chi connectivity index (χ0n) is 11.6. The minimum Gasteiger partial charge on any atom is -0.872 e. The maximum atomic E-state index is 12.9. The molecule has 0 spiro atoms. The smallest absolute Gasteiger partial charge is 0.335 e. The molecule has 0 fully saturated rings. The lowest BCUT2D eigenvalue weighted by Gasteiger charge is -2.11. The predicted molar refractivity (Wildman–Crippen MR) is 83.6 cm³/mol. The summed E-state index contributed by atoms with van der Waals surface area (Å²) in [5.74, 6) is -2.14. The van der Waals surface area contributed by atoms with Gasteiger partial charge in [-0.3, -0.25) is 0 Å². The number of thiazole rings is 1. The number of benzene rings is 2. The van der Waals surface area contributed by atoms with E-state index in [0.29, 0.717) is 16.5 Å². The fourth-order valence-corrected chi connectivity index (χ4v) is 2.72. The molecule has 0 saturated carbocycles. The Morgan fingerprint density at radius 3 is 2.65 bits per heavy atom. The van der Waals surface area contributed by atoms with E-state index in [1.807, 2.05) is 0 Å². The average molecular weight is 329 g/mol. The van der Waals surface area contributed by atoms with Crippen molar-refractivity contribution in [2.24, 2.45) is 0 Å². The number of aromatic nitrogens is 1. The van der Waals surface area contributed by atoms with Crippen LogP contribution in [0.2, 0.25) is 0 Å². The fraction of sp³-hybridized carbons (Fsp3) is 0. The maximum Gasteiger partial charge on any atom is 0.335 e. The van der Waals surface area contributed by atoms with Gasteiger partial charge in [-0.05, 0) is 36.4 Å². The van der Waals surface area contributed by atoms with Crippen molar-refractivity contribution >= 4 is 28.1 Å². The highest BCUT2D eigenvalue weighted by atomic mass is 32.1. The number of nitrogens with zero attached hydrogens (tertiary/aromatic N) is 1. The third-order valence-electron chi connectivity index (χ3n) is 3.11. The summed E-state index contributed by atoms with van der Waals surface area (Å²) >= 11 is 1.32. The van der Waals surface area contributed by atoms with E-state index < -0.39 is 11.7 Å². The van der Waals surface area contributed by atoms with Crippen LogP contribution >= 0.6 is 11.3 Å². The quantitative estimate of drug-likeness (QED) is 0.765. The van der Waals surface area contributed by atoms with Gasteiger partial charge >= 0.3 is 5.97 Å². The van der Waals surface area contributed by atoms with Crippen LogP contribution in [0.4, 0.5) is 15.2 Å². The molecule has 23 heavy (non-hydrogen) atoms. The summed E-state index contributed by atoms with van der Waals surface area (Å²) in [6.45, 7) is 0. The monoisotopic (exact) mass is 329 g/mol. The van der Waals surface area contributed by atoms with Crippen LogP contribution in [0, 0.1) is 5.82 Å². The van der Waals surface area contributed by atoms with Crippen LogP contribution in [0.25, 0.3) is 11.3 Å². The minimum atomic E-state index is -1.27. The van der Waals surface area contributed by atoms with E-state index in [9.17, 15) is 14.3 Å². The molecular weight excluding hydrogens is 319 g/mol. The Morgan fingerprint density at radius 2 is 1.96 bits per heavy atom. The second-order valence-corrected chi connectivity index (χ2v) is 5.54. The average Bonchev–Trinajstić information content (AvgIpc) is 2.98. The summed E-state index contributed by atoms with van der Waals surface area (Å²) in [7, 11) is 0. The highest BCUT2D eigenvalue weighted by Gasteiger charge is 2.08. The molecule has 0 amide bonds. The van der Waals surface area contributed by atoms with Gasteiger partial charge in [0.15, 0.2) is 5.13 Å². The number of aromatic carboxylic acids is 1. The van der Waals surface area contributed by atoms with Crippen molar-refractivity contribution < 1.29 is 19.4 Å². The van der Waals surface area contributed by atoms with Crippen LogP contribution < -0.4 is 10.4 Å². The zero-order chi connectivity index (χ0) is 16.4. The molecule has 2 N–H and O–H groups in total. The lowest BCUT2D eigenvalue weighted by atomic mass is 10.2. The first-order chi connectivity index (χ1) is 11.0. The standard InChI is InChI=1S/C16H11FN2O3S/c17-10-3-1-9(2-4-10)13-8-23-16(19-13)18-11-5-6-14(20)12(7-11)15(21)22/h1-8,20H,(H,18,19)(H,21,22)/p-1. The van der Waals surface area contributed by atoms with Gasteiger partial charge in [-0.1, -0.05) is 11.8 Å². The van der Waals surface area contributed by atoms with Gasteiger partial charge in [0.2, 0.25) is 0 Å². The molecule has 3 aromatic rings. The van der Waals surface area contributed by atoms with Crippen LogP contribution in [0.3, 0.4) is 0 Å². The number of rotatable bonds is 4. The molecule has 7 heteroatoms. The number of carboxylic acids is 1. The summed E-state index contributed by atoms with van der Waals surface area (Å²) in [5.41, 5.74) is 1.61. The van der Waals surface area contributed by atoms with Crippen molar-refractivity contribution in [3.05, 3.63) is 59.2 Å². The first-order valence-corrected chi connectivity index (χ1v) is 7.44. The number of hydrogen-bond acceptors (Lipinski definition) is 5. The van der Waals surface area contributed by atoms with E-state index in [4.69, 9.17) is 5.11 Å². The molecule has 0 atom stereocenters. The second kappa shape index (κ2) is 6.05. The Kier molecular flexibility index (Phi) is 3.94. The van der Waals surface area contributed by atoms with Crippen LogP contribution in [0.15, 0.2) is 47.8 Å². The number of hydrogen-bond donors (Lipinski definition) is 2. The molecule has 1 heterocycles. The van der Waals surface area contributed by atoms with Crippen molar-refractivity contribution in [3.8, 4) is 17.0 Å². The minimum absolute atomic E-state index is 0.301. The molecule has 3 rings (SSSR count).